The monoisotopic (exact) mass is 363 g/mol. The summed E-state index contributed by atoms with van der Waals surface area (Å²) in [7, 11) is 1.68. The predicted octanol–water partition coefficient (Wildman–Crippen LogP) is 3.62. The van der Waals surface area contributed by atoms with Gasteiger partial charge in [0.25, 0.3) is 5.91 Å². The number of nitrogens with zero attached hydrogens (tertiary/aromatic N) is 2. The van der Waals surface area contributed by atoms with Crippen LogP contribution in [0.2, 0.25) is 0 Å². The van der Waals surface area contributed by atoms with Crippen LogP contribution >= 0.6 is 0 Å². The van der Waals surface area contributed by atoms with Crippen molar-refractivity contribution in [2.75, 3.05) is 7.11 Å². The third kappa shape index (κ3) is 5.05. The highest BCUT2D eigenvalue weighted by Crippen LogP contribution is 2.10. The highest BCUT2D eigenvalue weighted by atomic mass is 16.5. The summed E-state index contributed by atoms with van der Waals surface area (Å²) in [4.78, 5) is 12.4. The molecule has 0 spiro atoms. The van der Waals surface area contributed by atoms with Crippen LogP contribution in [0.3, 0.4) is 0 Å². The van der Waals surface area contributed by atoms with Crippen molar-refractivity contribution < 1.29 is 9.53 Å². The third-order valence-electron chi connectivity index (χ3n) is 4.44. The smallest absolute Gasteiger partial charge is 0.251 e. The van der Waals surface area contributed by atoms with E-state index in [9.17, 15) is 4.79 Å². The molecule has 0 saturated carbocycles. The van der Waals surface area contributed by atoms with Gasteiger partial charge in [-0.2, -0.15) is 5.10 Å². The molecule has 5 heteroatoms. The molecule has 140 valence electrons. The van der Waals surface area contributed by atoms with Crippen molar-refractivity contribution in [1.29, 1.82) is 0 Å². The second-order valence-electron chi connectivity index (χ2n) is 6.71. The number of carbonyl (C=O) groups is 1. The summed E-state index contributed by atoms with van der Waals surface area (Å²) in [5, 5.41) is 7.43. The zero-order valence-electron chi connectivity index (χ0n) is 16.0. The van der Waals surface area contributed by atoms with Gasteiger partial charge in [0.05, 0.1) is 18.8 Å². The van der Waals surface area contributed by atoms with E-state index < -0.39 is 0 Å². The maximum atomic E-state index is 12.4. The van der Waals surface area contributed by atoms with Crippen LogP contribution in [0.25, 0.3) is 0 Å². The molecule has 0 aliphatic carbocycles. The lowest BCUT2D eigenvalue weighted by Crippen LogP contribution is -2.22. The molecule has 27 heavy (non-hydrogen) atoms. The Morgan fingerprint density at radius 2 is 1.63 bits per heavy atom. The maximum Gasteiger partial charge on any atom is 0.251 e. The number of rotatable bonds is 7. The highest BCUT2D eigenvalue weighted by Gasteiger charge is 2.07. The van der Waals surface area contributed by atoms with Gasteiger partial charge in [-0.25, -0.2) is 0 Å². The van der Waals surface area contributed by atoms with Crippen LogP contribution in [-0.2, 0) is 24.4 Å². The number of ether oxygens (including phenoxy) is 1. The summed E-state index contributed by atoms with van der Waals surface area (Å²) in [5.41, 5.74) is 6.09. The van der Waals surface area contributed by atoms with Crippen molar-refractivity contribution in [3.8, 4) is 0 Å². The number of methoxy groups -OCH3 is 1. The molecule has 3 rings (SSSR count). The molecule has 0 bridgehead atoms. The number of benzene rings is 2. The van der Waals surface area contributed by atoms with Crippen LogP contribution in [0.15, 0.2) is 54.6 Å². The van der Waals surface area contributed by atoms with E-state index in [4.69, 9.17) is 4.74 Å². The molecule has 0 radical (unpaired) electrons. The van der Waals surface area contributed by atoms with Crippen molar-refractivity contribution in [3.63, 3.8) is 0 Å². The first kappa shape index (κ1) is 18.9. The SMILES string of the molecule is COCc1ccc(CNC(=O)c2ccc(Cn3nc(C)cc3C)cc2)cc1. The number of hydrogen-bond acceptors (Lipinski definition) is 3. The molecular weight excluding hydrogens is 338 g/mol. The minimum absolute atomic E-state index is 0.0753. The van der Waals surface area contributed by atoms with Gasteiger partial charge >= 0.3 is 0 Å². The molecular formula is C22H25N3O2. The molecule has 0 aliphatic heterocycles. The van der Waals surface area contributed by atoms with E-state index in [1.54, 1.807) is 7.11 Å². The van der Waals surface area contributed by atoms with Gasteiger partial charge in [-0.15, -0.1) is 0 Å². The average Bonchev–Trinajstić information content (AvgIpc) is 2.98. The van der Waals surface area contributed by atoms with Gasteiger partial charge in [0, 0.05) is 24.9 Å². The van der Waals surface area contributed by atoms with Gasteiger partial charge in [0.1, 0.15) is 0 Å². The van der Waals surface area contributed by atoms with Crippen LogP contribution in [0.4, 0.5) is 0 Å². The second kappa shape index (κ2) is 8.64. The molecule has 0 unspecified atom stereocenters. The molecule has 0 fully saturated rings. The molecule has 3 aromatic rings. The minimum atomic E-state index is -0.0753. The molecule has 1 heterocycles. The lowest BCUT2D eigenvalue weighted by molar-refractivity contribution is 0.0951. The topological polar surface area (TPSA) is 56.1 Å². The van der Waals surface area contributed by atoms with Crippen molar-refractivity contribution in [2.24, 2.45) is 0 Å². The van der Waals surface area contributed by atoms with Crippen molar-refractivity contribution in [2.45, 2.75) is 33.5 Å². The number of nitrogens with one attached hydrogen (secondary N) is 1. The van der Waals surface area contributed by atoms with E-state index in [1.807, 2.05) is 67.1 Å². The van der Waals surface area contributed by atoms with E-state index in [1.165, 1.54) is 0 Å². The van der Waals surface area contributed by atoms with E-state index in [0.717, 1.165) is 28.1 Å². The Hall–Kier alpha value is -2.92. The van der Waals surface area contributed by atoms with Crippen molar-refractivity contribution in [3.05, 3.63) is 88.2 Å². The Morgan fingerprint density at radius 1 is 1.00 bits per heavy atom. The Kier molecular flexibility index (Phi) is 6.04. The molecule has 1 amide bonds. The Bertz CT molecular complexity index is 896. The number of aryl methyl sites for hydroxylation is 2. The molecule has 0 atom stereocenters. The lowest BCUT2D eigenvalue weighted by Gasteiger charge is -2.08. The van der Waals surface area contributed by atoms with Crippen LogP contribution in [0, 0.1) is 13.8 Å². The molecule has 0 aliphatic rings. The van der Waals surface area contributed by atoms with Gasteiger partial charge in [0.15, 0.2) is 0 Å². The number of amides is 1. The van der Waals surface area contributed by atoms with Gasteiger partial charge in [-0.05, 0) is 48.7 Å². The number of hydrogen-bond donors (Lipinski definition) is 1. The number of aromatic nitrogens is 2. The van der Waals surface area contributed by atoms with E-state index >= 15 is 0 Å². The van der Waals surface area contributed by atoms with Crippen LogP contribution in [0.1, 0.15) is 38.4 Å². The van der Waals surface area contributed by atoms with Crippen LogP contribution in [-0.4, -0.2) is 22.8 Å². The lowest BCUT2D eigenvalue weighted by atomic mass is 10.1. The van der Waals surface area contributed by atoms with Crippen LogP contribution < -0.4 is 5.32 Å². The molecule has 0 saturated heterocycles. The first-order valence-electron chi connectivity index (χ1n) is 9.00. The van der Waals surface area contributed by atoms with Crippen molar-refractivity contribution >= 4 is 5.91 Å². The summed E-state index contributed by atoms with van der Waals surface area (Å²) < 4.78 is 7.07. The average molecular weight is 363 g/mol. The predicted molar refractivity (Wildman–Crippen MR) is 106 cm³/mol. The highest BCUT2D eigenvalue weighted by molar-refractivity contribution is 5.94. The van der Waals surface area contributed by atoms with Crippen molar-refractivity contribution in [1.82, 2.24) is 15.1 Å². The summed E-state index contributed by atoms with van der Waals surface area (Å²) in [6, 6.07) is 17.8. The summed E-state index contributed by atoms with van der Waals surface area (Å²) >= 11 is 0. The van der Waals surface area contributed by atoms with E-state index in [-0.39, 0.29) is 5.91 Å². The zero-order valence-corrected chi connectivity index (χ0v) is 16.0. The normalized spacial score (nSPS) is 10.8. The summed E-state index contributed by atoms with van der Waals surface area (Å²) in [6.07, 6.45) is 0. The molecule has 1 aromatic heterocycles. The molecule has 2 aromatic carbocycles. The first-order chi connectivity index (χ1) is 13.0. The third-order valence-corrected chi connectivity index (χ3v) is 4.44. The fraction of sp³-hybridized carbons (Fsp3) is 0.273. The van der Waals surface area contributed by atoms with Crippen LogP contribution in [0.5, 0.6) is 0 Å². The first-order valence-corrected chi connectivity index (χ1v) is 9.00. The van der Waals surface area contributed by atoms with E-state index in [0.29, 0.717) is 25.3 Å². The van der Waals surface area contributed by atoms with Gasteiger partial charge in [0.2, 0.25) is 0 Å². The largest absolute Gasteiger partial charge is 0.380 e. The standard InChI is InChI=1S/C22H25N3O2/c1-16-12-17(2)25(24-16)14-19-8-10-21(11-9-19)22(26)23-13-18-4-6-20(7-5-18)15-27-3/h4-12H,13-15H2,1-3H3,(H,23,26). The zero-order chi connectivity index (χ0) is 19.2. The molecule has 1 N–H and O–H groups in total. The fourth-order valence-electron chi connectivity index (χ4n) is 2.97. The minimum Gasteiger partial charge on any atom is -0.380 e. The Morgan fingerprint density at radius 3 is 2.22 bits per heavy atom. The van der Waals surface area contributed by atoms with Gasteiger partial charge < -0.3 is 10.1 Å². The van der Waals surface area contributed by atoms with E-state index in [2.05, 4.69) is 16.5 Å². The Labute approximate surface area is 160 Å². The summed E-state index contributed by atoms with van der Waals surface area (Å²) in [5.74, 6) is -0.0753. The van der Waals surface area contributed by atoms with Gasteiger partial charge in [-0.1, -0.05) is 36.4 Å². The molecule has 5 nitrogen and oxygen atoms in total. The number of carbonyl (C=O) groups excluding carboxylic acids is 1. The second-order valence-corrected chi connectivity index (χ2v) is 6.71. The quantitative estimate of drug-likeness (QED) is 0.697. The fourth-order valence-corrected chi connectivity index (χ4v) is 2.97. The summed E-state index contributed by atoms with van der Waals surface area (Å²) in [6.45, 7) is 5.83. The maximum absolute atomic E-state index is 12.4. The Balaban J connectivity index is 1.56. The van der Waals surface area contributed by atoms with Gasteiger partial charge in [-0.3, -0.25) is 9.48 Å².